The van der Waals surface area contributed by atoms with Crippen molar-refractivity contribution >= 4 is 29.9 Å². The molecule has 6 heteroatoms. The fourth-order valence-corrected chi connectivity index (χ4v) is 2.56. The third-order valence-corrected chi connectivity index (χ3v) is 3.88. The van der Waals surface area contributed by atoms with E-state index in [1.807, 2.05) is 26.2 Å². The van der Waals surface area contributed by atoms with Gasteiger partial charge in [-0.2, -0.15) is 0 Å². The number of aryl methyl sites for hydroxylation is 1. The fraction of sp³-hybridized carbons (Fsp3) is 0.389. The van der Waals surface area contributed by atoms with Crippen LogP contribution < -0.4 is 5.32 Å². The van der Waals surface area contributed by atoms with Crippen LogP contribution in [0.15, 0.2) is 47.6 Å². The fourth-order valence-electron chi connectivity index (χ4n) is 2.56. The highest BCUT2D eigenvalue weighted by Gasteiger charge is 2.09. The average Bonchev–Trinajstić information content (AvgIpc) is 2.95. The first-order chi connectivity index (χ1) is 11.2. The summed E-state index contributed by atoms with van der Waals surface area (Å²) in [4.78, 5) is 6.50. The van der Waals surface area contributed by atoms with E-state index in [2.05, 4.69) is 57.3 Å². The zero-order chi connectivity index (χ0) is 16.7. The molecule has 24 heavy (non-hydrogen) atoms. The Labute approximate surface area is 161 Å². The lowest BCUT2D eigenvalue weighted by Crippen LogP contribution is -2.38. The second-order valence-electron chi connectivity index (χ2n) is 5.57. The highest BCUT2D eigenvalue weighted by atomic mass is 127. The largest absolute Gasteiger partial charge is 0.380 e. The first-order valence-corrected chi connectivity index (χ1v) is 7.73. The predicted octanol–water partition coefficient (Wildman–Crippen LogP) is 3.00. The maximum absolute atomic E-state index is 5.26. The number of aliphatic imine (C=N–C) groups is 1. The Morgan fingerprint density at radius 3 is 2.50 bits per heavy atom. The van der Waals surface area contributed by atoms with Crippen LogP contribution in [0.3, 0.4) is 0 Å². The van der Waals surface area contributed by atoms with Crippen LogP contribution in [0.4, 0.5) is 0 Å². The Kier molecular flexibility index (Phi) is 8.84. The summed E-state index contributed by atoms with van der Waals surface area (Å²) >= 11 is 0. The molecule has 1 heterocycles. The summed E-state index contributed by atoms with van der Waals surface area (Å²) in [6.07, 6.45) is 2.06. The minimum absolute atomic E-state index is 0. The molecule has 0 atom stereocenters. The molecule has 0 aliphatic carbocycles. The normalized spacial score (nSPS) is 11.1. The molecular formula is C18H27IN4O. The molecular weight excluding hydrogens is 415 g/mol. The van der Waals surface area contributed by atoms with Crippen molar-refractivity contribution in [1.29, 1.82) is 0 Å². The number of aromatic nitrogens is 1. The molecule has 0 saturated carbocycles. The average molecular weight is 442 g/mol. The lowest BCUT2D eigenvalue weighted by molar-refractivity contribution is 0.184. The van der Waals surface area contributed by atoms with Crippen LogP contribution in [0.25, 0.3) is 0 Å². The van der Waals surface area contributed by atoms with Crippen molar-refractivity contribution in [2.45, 2.75) is 19.7 Å². The number of rotatable bonds is 6. The van der Waals surface area contributed by atoms with Gasteiger partial charge in [0.05, 0.1) is 13.2 Å². The number of ether oxygens (including phenoxy) is 1. The number of benzene rings is 1. The number of nitrogens with zero attached hydrogens (tertiary/aromatic N) is 3. The van der Waals surface area contributed by atoms with Crippen molar-refractivity contribution in [2.24, 2.45) is 12.0 Å². The van der Waals surface area contributed by atoms with Gasteiger partial charge in [0, 0.05) is 46.7 Å². The number of halogens is 1. The van der Waals surface area contributed by atoms with Crippen molar-refractivity contribution in [1.82, 2.24) is 14.8 Å². The first kappa shape index (κ1) is 20.5. The van der Waals surface area contributed by atoms with E-state index in [1.165, 1.54) is 16.8 Å². The Bertz CT molecular complexity index is 654. The molecule has 1 aromatic carbocycles. The molecule has 0 unspecified atom stereocenters. The Morgan fingerprint density at radius 1 is 1.21 bits per heavy atom. The molecule has 1 aromatic heterocycles. The van der Waals surface area contributed by atoms with E-state index in [0.717, 1.165) is 19.0 Å². The van der Waals surface area contributed by atoms with Gasteiger partial charge in [0.25, 0.3) is 0 Å². The van der Waals surface area contributed by atoms with E-state index in [-0.39, 0.29) is 24.0 Å². The van der Waals surface area contributed by atoms with Gasteiger partial charge in [-0.25, -0.2) is 0 Å². The second kappa shape index (κ2) is 10.4. The Hall–Kier alpha value is -1.54. The lowest BCUT2D eigenvalue weighted by atomic mass is 10.1. The molecule has 2 aromatic rings. The van der Waals surface area contributed by atoms with Gasteiger partial charge in [0.1, 0.15) is 0 Å². The van der Waals surface area contributed by atoms with Crippen LogP contribution in [0.5, 0.6) is 0 Å². The van der Waals surface area contributed by atoms with Gasteiger partial charge >= 0.3 is 0 Å². The smallest absolute Gasteiger partial charge is 0.194 e. The number of hydrogen-bond acceptors (Lipinski definition) is 2. The van der Waals surface area contributed by atoms with Crippen LogP contribution in [0.2, 0.25) is 0 Å². The summed E-state index contributed by atoms with van der Waals surface area (Å²) in [5.41, 5.74) is 3.67. The summed E-state index contributed by atoms with van der Waals surface area (Å²) in [5.74, 6) is 0.874. The van der Waals surface area contributed by atoms with Gasteiger partial charge in [-0.3, -0.25) is 4.99 Å². The third kappa shape index (κ3) is 5.52. The Morgan fingerprint density at radius 2 is 1.92 bits per heavy atom. The van der Waals surface area contributed by atoms with Crippen LogP contribution in [-0.2, 0) is 31.5 Å². The molecule has 1 N–H and O–H groups in total. The van der Waals surface area contributed by atoms with Crippen LogP contribution in [0.1, 0.15) is 16.8 Å². The lowest BCUT2D eigenvalue weighted by Gasteiger charge is -2.23. The number of guanidine groups is 1. The topological polar surface area (TPSA) is 41.8 Å². The molecule has 0 amide bonds. The van der Waals surface area contributed by atoms with Crippen molar-refractivity contribution in [3.8, 4) is 0 Å². The van der Waals surface area contributed by atoms with E-state index in [1.54, 1.807) is 7.11 Å². The van der Waals surface area contributed by atoms with Gasteiger partial charge in [-0.15, -0.1) is 24.0 Å². The van der Waals surface area contributed by atoms with E-state index < -0.39 is 0 Å². The molecule has 2 rings (SSSR count). The second-order valence-corrected chi connectivity index (χ2v) is 5.57. The standard InChI is InChI=1S/C18H26N4O.HI/c1-19-18(22(3)13-17-10-7-11-21(17)2)20-12-15-8-5-6-9-16(15)14-23-4;/h5-11H,12-14H2,1-4H3,(H,19,20);1H. The summed E-state index contributed by atoms with van der Waals surface area (Å²) < 4.78 is 7.38. The SMILES string of the molecule is CN=C(NCc1ccccc1COC)N(C)Cc1cccn1C.I. The van der Waals surface area contributed by atoms with Gasteiger partial charge in [0.15, 0.2) is 5.96 Å². The molecule has 5 nitrogen and oxygen atoms in total. The third-order valence-electron chi connectivity index (χ3n) is 3.88. The zero-order valence-corrected chi connectivity index (χ0v) is 17.2. The van der Waals surface area contributed by atoms with Crippen molar-refractivity contribution < 1.29 is 4.74 Å². The summed E-state index contributed by atoms with van der Waals surface area (Å²) in [6.45, 7) is 2.15. The van der Waals surface area contributed by atoms with Gasteiger partial charge in [-0.1, -0.05) is 24.3 Å². The molecule has 132 valence electrons. The van der Waals surface area contributed by atoms with Crippen LogP contribution in [-0.4, -0.2) is 36.6 Å². The molecule has 0 aliphatic heterocycles. The molecule has 0 bridgehead atoms. The summed E-state index contributed by atoms with van der Waals surface area (Å²) in [7, 11) is 7.63. The molecule has 0 aliphatic rings. The quantitative estimate of drug-likeness (QED) is 0.425. The number of nitrogens with one attached hydrogen (secondary N) is 1. The van der Waals surface area contributed by atoms with E-state index in [9.17, 15) is 0 Å². The molecule has 0 spiro atoms. The van der Waals surface area contributed by atoms with Crippen LogP contribution >= 0.6 is 24.0 Å². The predicted molar refractivity (Wildman–Crippen MR) is 110 cm³/mol. The summed E-state index contributed by atoms with van der Waals surface area (Å²) in [5, 5.41) is 3.43. The molecule has 0 radical (unpaired) electrons. The number of hydrogen-bond donors (Lipinski definition) is 1. The first-order valence-electron chi connectivity index (χ1n) is 7.73. The van der Waals surface area contributed by atoms with Crippen molar-refractivity contribution in [3.63, 3.8) is 0 Å². The maximum atomic E-state index is 5.26. The minimum Gasteiger partial charge on any atom is -0.380 e. The number of methoxy groups -OCH3 is 1. The van der Waals surface area contributed by atoms with E-state index in [0.29, 0.717) is 6.61 Å². The maximum Gasteiger partial charge on any atom is 0.194 e. The van der Waals surface area contributed by atoms with Crippen LogP contribution in [0, 0.1) is 0 Å². The van der Waals surface area contributed by atoms with Crippen molar-refractivity contribution in [3.05, 3.63) is 59.4 Å². The van der Waals surface area contributed by atoms with Gasteiger partial charge < -0.3 is 19.5 Å². The summed E-state index contributed by atoms with van der Waals surface area (Å²) in [6, 6.07) is 12.5. The van der Waals surface area contributed by atoms with Gasteiger partial charge in [-0.05, 0) is 23.3 Å². The van der Waals surface area contributed by atoms with Crippen molar-refractivity contribution in [2.75, 3.05) is 21.2 Å². The molecule has 0 saturated heterocycles. The van der Waals surface area contributed by atoms with E-state index in [4.69, 9.17) is 4.74 Å². The monoisotopic (exact) mass is 442 g/mol. The van der Waals surface area contributed by atoms with E-state index >= 15 is 0 Å². The zero-order valence-electron chi connectivity index (χ0n) is 14.8. The minimum atomic E-state index is 0. The molecule has 0 fully saturated rings. The highest BCUT2D eigenvalue weighted by molar-refractivity contribution is 14.0. The highest BCUT2D eigenvalue weighted by Crippen LogP contribution is 2.10. The van der Waals surface area contributed by atoms with Gasteiger partial charge in [0.2, 0.25) is 0 Å². The Balaban J connectivity index is 0.00000288.